The molecule has 0 fully saturated rings. The molecule has 0 aliphatic rings. The Morgan fingerprint density at radius 2 is 1.93 bits per heavy atom. The average Bonchev–Trinajstić information content (AvgIpc) is 2.21. The van der Waals surface area contributed by atoms with Gasteiger partial charge in [0, 0.05) is 22.2 Å². The van der Waals surface area contributed by atoms with Gasteiger partial charge >= 0.3 is 0 Å². The monoisotopic (exact) mass is 229 g/mol. The van der Waals surface area contributed by atoms with Crippen LogP contribution < -0.4 is 0 Å². The highest BCUT2D eigenvalue weighted by Gasteiger charge is 1.96. The van der Waals surface area contributed by atoms with Gasteiger partial charge < -0.3 is 4.90 Å². The molecule has 0 aliphatic carbocycles. The van der Waals surface area contributed by atoms with Gasteiger partial charge in [0.25, 0.3) is 0 Å². The van der Waals surface area contributed by atoms with Crippen molar-refractivity contribution in [3.05, 3.63) is 29.3 Å². The Balaban J connectivity index is 2.28. The molecule has 1 aromatic carbocycles. The molecular formula is C11H16ClNS. The van der Waals surface area contributed by atoms with Gasteiger partial charge in [-0.1, -0.05) is 18.5 Å². The van der Waals surface area contributed by atoms with E-state index < -0.39 is 0 Å². The first-order valence-corrected chi connectivity index (χ1v) is 6.15. The fourth-order valence-corrected chi connectivity index (χ4v) is 2.10. The Hall–Kier alpha value is -0.180. The Bertz CT molecular complexity index is 260. The number of benzene rings is 1. The summed E-state index contributed by atoms with van der Waals surface area (Å²) in [6.45, 7) is 4.41. The normalized spacial score (nSPS) is 10.9. The maximum Gasteiger partial charge on any atom is 0.0406 e. The van der Waals surface area contributed by atoms with E-state index in [-0.39, 0.29) is 0 Å². The van der Waals surface area contributed by atoms with Crippen LogP contribution in [-0.2, 0) is 0 Å². The SMILES string of the molecule is CCN(C)CCSc1ccc(Cl)cc1. The number of thioether (sulfide) groups is 1. The van der Waals surface area contributed by atoms with E-state index in [4.69, 9.17) is 11.6 Å². The first kappa shape index (κ1) is 11.9. The van der Waals surface area contributed by atoms with Crippen molar-refractivity contribution < 1.29 is 0 Å². The van der Waals surface area contributed by atoms with Gasteiger partial charge in [-0.3, -0.25) is 0 Å². The molecule has 0 aliphatic heterocycles. The molecular weight excluding hydrogens is 214 g/mol. The zero-order chi connectivity index (χ0) is 10.4. The van der Waals surface area contributed by atoms with Crippen molar-refractivity contribution in [1.82, 2.24) is 4.90 Å². The molecule has 1 nitrogen and oxygen atoms in total. The van der Waals surface area contributed by atoms with Crippen LogP contribution in [0.4, 0.5) is 0 Å². The van der Waals surface area contributed by atoms with Crippen LogP contribution in [0.3, 0.4) is 0 Å². The first-order chi connectivity index (χ1) is 6.72. The molecule has 3 heteroatoms. The highest BCUT2D eigenvalue weighted by molar-refractivity contribution is 7.99. The van der Waals surface area contributed by atoms with Gasteiger partial charge in [-0.25, -0.2) is 0 Å². The molecule has 0 atom stereocenters. The van der Waals surface area contributed by atoms with Crippen molar-refractivity contribution in [2.24, 2.45) is 0 Å². The van der Waals surface area contributed by atoms with Crippen LogP contribution in [-0.4, -0.2) is 30.8 Å². The summed E-state index contributed by atoms with van der Waals surface area (Å²) in [5.74, 6) is 1.13. The van der Waals surface area contributed by atoms with Crippen LogP contribution in [0.25, 0.3) is 0 Å². The molecule has 1 aromatic rings. The number of hydrogen-bond acceptors (Lipinski definition) is 2. The predicted molar refractivity (Wildman–Crippen MR) is 65.3 cm³/mol. The van der Waals surface area contributed by atoms with E-state index in [1.807, 2.05) is 23.9 Å². The third kappa shape index (κ3) is 4.36. The van der Waals surface area contributed by atoms with Crippen molar-refractivity contribution in [3.8, 4) is 0 Å². The van der Waals surface area contributed by atoms with Gasteiger partial charge in [-0.05, 0) is 37.9 Å². The Morgan fingerprint density at radius 3 is 2.50 bits per heavy atom. The van der Waals surface area contributed by atoms with E-state index in [1.165, 1.54) is 4.90 Å². The van der Waals surface area contributed by atoms with Gasteiger partial charge in [0.05, 0.1) is 0 Å². The van der Waals surface area contributed by atoms with Crippen LogP contribution in [0.5, 0.6) is 0 Å². The van der Waals surface area contributed by atoms with Gasteiger partial charge in [0.1, 0.15) is 0 Å². The van der Waals surface area contributed by atoms with Crippen molar-refractivity contribution in [1.29, 1.82) is 0 Å². The van der Waals surface area contributed by atoms with Crippen molar-refractivity contribution in [3.63, 3.8) is 0 Å². The molecule has 78 valence electrons. The molecule has 0 heterocycles. The minimum atomic E-state index is 0.806. The molecule has 0 aromatic heterocycles. The summed E-state index contributed by atoms with van der Waals surface area (Å²) < 4.78 is 0. The number of hydrogen-bond donors (Lipinski definition) is 0. The minimum Gasteiger partial charge on any atom is -0.306 e. The van der Waals surface area contributed by atoms with Crippen LogP contribution >= 0.6 is 23.4 Å². The third-order valence-corrected chi connectivity index (χ3v) is 3.34. The predicted octanol–water partition coefficient (Wildman–Crippen LogP) is 3.38. The summed E-state index contributed by atoms with van der Waals surface area (Å²) >= 11 is 7.67. The summed E-state index contributed by atoms with van der Waals surface area (Å²) in [4.78, 5) is 3.60. The van der Waals surface area contributed by atoms with Crippen LogP contribution in [0, 0.1) is 0 Å². The number of nitrogens with zero attached hydrogens (tertiary/aromatic N) is 1. The van der Waals surface area contributed by atoms with E-state index >= 15 is 0 Å². The maximum atomic E-state index is 5.80. The molecule has 0 bridgehead atoms. The van der Waals surface area contributed by atoms with Gasteiger partial charge in [0.15, 0.2) is 0 Å². The quantitative estimate of drug-likeness (QED) is 0.713. The zero-order valence-electron chi connectivity index (χ0n) is 8.66. The van der Waals surface area contributed by atoms with Crippen LogP contribution in [0.2, 0.25) is 5.02 Å². The molecule has 0 spiro atoms. The number of rotatable bonds is 5. The second kappa shape index (κ2) is 6.33. The van der Waals surface area contributed by atoms with E-state index in [1.54, 1.807) is 0 Å². The highest BCUT2D eigenvalue weighted by atomic mass is 35.5. The molecule has 0 amide bonds. The van der Waals surface area contributed by atoms with Crippen LogP contribution in [0.1, 0.15) is 6.92 Å². The van der Waals surface area contributed by atoms with Crippen molar-refractivity contribution in [2.75, 3.05) is 25.9 Å². The third-order valence-electron chi connectivity index (χ3n) is 2.10. The lowest BCUT2D eigenvalue weighted by Gasteiger charge is -2.12. The standard InChI is InChI=1S/C11H16ClNS/c1-3-13(2)8-9-14-11-6-4-10(12)5-7-11/h4-7H,3,8-9H2,1-2H3. The average molecular weight is 230 g/mol. The molecule has 1 rings (SSSR count). The fraction of sp³-hybridized carbons (Fsp3) is 0.455. The van der Waals surface area contributed by atoms with Gasteiger partial charge in [-0.2, -0.15) is 0 Å². The second-order valence-electron chi connectivity index (χ2n) is 3.20. The molecule has 0 unspecified atom stereocenters. The summed E-state index contributed by atoms with van der Waals surface area (Å²) in [6.07, 6.45) is 0. The van der Waals surface area contributed by atoms with E-state index in [9.17, 15) is 0 Å². The Morgan fingerprint density at radius 1 is 1.29 bits per heavy atom. The Labute approximate surface area is 95.4 Å². The molecule has 0 saturated heterocycles. The van der Waals surface area contributed by atoms with E-state index in [0.29, 0.717) is 0 Å². The minimum absolute atomic E-state index is 0.806. The van der Waals surface area contributed by atoms with E-state index in [0.717, 1.165) is 23.9 Å². The van der Waals surface area contributed by atoms with Crippen molar-refractivity contribution >= 4 is 23.4 Å². The largest absolute Gasteiger partial charge is 0.306 e. The topological polar surface area (TPSA) is 3.24 Å². The second-order valence-corrected chi connectivity index (χ2v) is 4.80. The lowest BCUT2D eigenvalue weighted by atomic mass is 10.4. The smallest absolute Gasteiger partial charge is 0.0406 e. The number of halogens is 1. The summed E-state index contributed by atoms with van der Waals surface area (Å²) in [7, 11) is 2.14. The summed E-state index contributed by atoms with van der Waals surface area (Å²) in [6, 6.07) is 8.01. The highest BCUT2D eigenvalue weighted by Crippen LogP contribution is 2.19. The fourth-order valence-electron chi connectivity index (χ4n) is 1.01. The van der Waals surface area contributed by atoms with E-state index in [2.05, 4.69) is 31.0 Å². The van der Waals surface area contributed by atoms with Crippen molar-refractivity contribution in [2.45, 2.75) is 11.8 Å². The zero-order valence-corrected chi connectivity index (χ0v) is 10.2. The summed E-state index contributed by atoms with van der Waals surface area (Å²) in [5.41, 5.74) is 0. The maximum absolute atomic E-state index is 5.80. The van der Waals surface area contributed by atoms with Gasteiger partial charge in [-0.15, -0.1) is 11.8 Å². The Kier molecular flexibility index (Phi) is 5.38. The molecule has 0 N–H and O–H groups in total. The molecule has 14 heavy (non-hydrogen) atoms. The summed E-state index contributed by atoms with van der Waals surface area (Å²) in [5, 5.41) is 0.806. The molecule has 0 radical (unpaired) electrons. The lowest BCUT2D eigenvalue weighted by molar-refractivity contribution is 0.376. The first-order valence-electron chi connectivity index (χ1n) is 4.79. The van der Waals surface area contributed by atoms with Gasteiger partial charge in [0.2, 0.25) is 0 Å². The molecule has 0 saturated carbocycles. The van der Waals surface area contributed by atoms with Crippen LogP contribution in [0.15, 0.2) is 29.2 Å². The lowest BCUT2D eigenvalue weighted by Crippen LogP contribution is -2.20.